The van der Waals surface area contributed by atoms with E-state index in [2.05, 4.69) is 11.1 Å². The van der Waals surface area contributed by atoms with Gasteiger partial charge < -0.3 is 14.8 Å². The van der Waals surface area contributed by atoms with Crippen LogP contribution in [0.2, 0.25) is 0 Å². The number of carboxylic acid groups (broad SMARTS) is 1. The molecule has 0 unspecified atom stereocenters. The molecule has 4 nitrogen and oxygen atoms in total. The maximum atomic E-state index is 10.7. The fraction of sp³-hybridized carbons (Fsp3) is 0.357. The minimum Gasteiger partial charge on any atom is -0.495 e. The SMILES string of the molecule is COc1cc(C)cc2c(CCC(=O)O)c(C)[nH]c12. The minimum absolute atomic E-state index is 0.143. The van der Waals surface area contributed by atoms with Crippen LogP contribution in [0.25, 0.3) is 10.9 Å². The summed E-state index contributed by atoms with van der Waals surface area (Å²) in [4.78, 5) is 14.0. The zero-order valence-corrected chi connectivity index (χ0v) is 10.8. The van der Waals surface area contributed by atoms with E-state index in [1.807, 2.05) is 19.9 Å². The lowest BCUT2D eigenvalue weighted by Crippen LogP contribution is -1.98. The highest BCUT2D eigenvalue weighted by Gasteiger charge is 2.13. The van der Waals surface area contributed by atoms with Crippen molar-refractivity contribution in [2.75, 3.05) is 7.11 Å². The van der Waals surface area contributed by atoms with Crippen LogP contribution in [0.5, 0.6) is 5.75 Å². The molecule has 96 valence electrons. The second kappa shape index (κ2) is 4.72. The van der Waals surface area contributed by atoms with Crippen molar-refractivity contribution in [2.24, 2.45) is 0 Å². The summed E-state index contributed by atoms with van der Waals surface area (Å²) < 4.78 is 5.35. The first-order chi connectivity index (χ1) is 8.52. The lowest BCUT2D eigenvalue weighted by atomic mass is 10.0. The maximum absolute atomic E-state index is 10.7. The third-order valence-corrected chi connectivity index (χ3v) is 3.15. The van der Waals surface area contributed by atoms with Gasteiger partial charge in [0.05, 0.1) is 12.6 Å². The molecule has 2 N–H and O–H groups in total. The molecule has 0 saturated carbocycles. The molecule has 0 fully saturated rings. The van der Waals surface area contributed by atoms with E-state index in [-0.39, 0.29) is 6.42 Å². The Balaban J connectivity index is 2.55. The van der Waals surface area contributed by atoms with Crippen molar-refractivity contribution >= 4 is 16.9 Å². The van der Waals surface area contributed by atoms with Crippen molar-refractivity contribution in [1.29, 1.82) is 0 Å². The minimum atomic E-state index is -0.775. The first-order valence-corrected chi connectivity index (χ1v) is 5.90. The monoisotopic (exact) mass is 247 g/mol. The van der Waals surface area contributed by atoms with Crippen molar-refractivity contribution in [3.05, 3.63) is 29.0 Å². The zero-order chi connectivity index (χ0) is 13.3. The van der Waals surface area contributed by atoms with Crippen LogP contribution in [0.4, 0.5) is 0 Å². The summed E-state index contributed by atoms with van der Waals surface area (Å²) in [7, 11) is 1.64. The van der Waals surface area contributed by atoms with Crippen LogP contribution in [-0.4, -0.2) is 23.2 Å². The van der Waals surface area contributed by atoms with Crippen molar-refractivity contribution < 1.29 is 14.6 Å². The van der Waals surface area contributed by atoms with E-state index < -0.39 is 5.97 Å². The summed E-state index contributed by atoms with van der Waals surface area (Å²) >= 11 is 0. The molecule has 0 aliphatic heterocycles. The number of hydrogen-bond acceptors (Lipinski definition) is 2. The Morgan fingerprint density at radius 3 is 2.72 bits per heavy atom. The number of rotatable bonds is 4. The number of aromatic amines is 1. The fourth-order valence-corrected chi connectivity index (χ4v) is 2.30. The second-order valence-electron chi connectivity index (χ2n) is 4.51. The van der Waals surface area contributed by atoms with Gasteiger partial charge in [-0.3, -0.25) is 4.79 Å². The zero-order valence-electron chi connectivity index (χ0n) is 10.8. The molecule has 4 heteroatoms. The molecule has 2 rings (SSSR count). The van der Waals surface area contributed by atoms with Crippen molar-refractivity contribution in [1.82, 2.24) is 4.98 Å². The predicted octanol–water partition coefficient (Wildman–Crippen LogP) is 2.81. The van der Waals surface area contributed by atoms with Crippen LogP contribution in [0.15, 0.2) is 12.1 Å². The summed E-state index contributed by atoms with van der Waals surface area (Å²) in [6.45, 7) is 3.97. The smallest absolute Gasteiger partial charge is 0.303 e. The Bertz CT molecular complexity index is 599. The third kappa shape index (κ3) is 2.18. The number of methoxy groups -OCH3 is 1. The quantitative estimate of drug-likeness (QED) is 0.873. The average molecular weight is 247 g/mol. The lowest BCUT2D eigenvalue weighted by molar-refractivity contribution is -0.136. The molecule has 0 radical (unpaired) electrons. The van der Waals surface area contributed by atoms with Crippen LogP contribution in [0.3, 0.4) is 0 Å². The summed E-state index contributed by atoms with van der Waals surface area (Å²) in [5.41, 5.74) is 4.13. The van der Waals surface area contributed by atoms with E-state index in [0.717, 1.165) is 33.5 Å². The Morgan fingerprint density at radius 1 is 1.39 bits per heavy atom. The van der Waals surface area contributed by atoms with Gasteiger partial charge in [-0.05, 0) is 43.5 Å². The largest absolute Gasteiger partial charge is 0.495 e. The summed E-state index contributed by atoms with van der Waals surface area (Å²) in [6, 6.07) is 4.04. The number of carboxylic acids is 1. The van der Waals surface area contributed by atoms with E-state index in [9.17, 15) is 4.79 Å². The van der Waals surface area contributed by atoms with E-state index in [1.54, 1.807) is 7.11 Å². The molecular formula is C14H17NO3. The molecule has 1 aromatic carbocycles. The van der Waals surface area contributed by atoms with E-state index >= 15 is 0 Å². The first-order valence-electron chi connectivity index (χ1n) is 5.90. The number of aliphatic carboxylic acids is 1. The molecule has 0 bridgehead atoms. The molecule has 18 heavy (non-hydrogen) atoms. The highest BCUT2D eigenvalue weighted by atomic mass is 16.5. The average Bonchev–Trinajstić information content (AvgIpc) is 2.61. The van der Waals surface area contributed by atoms with Gasteiger partial charge in [0.25, 0.3) is 0 Å². The van der Waals surface area contributed by atoms with Gasteiger partial charge in [-0.15, -0.1) is 0 Å². The summed E-state index contributed by atoms with van der Waals surface area (Å²) in [5, 5.41) is 9.86. The number of fused-ring (bicyclic) bond motifs is 1. The Kier molecular flexibility index (Phi) is 3.28. The first kappa shape index (κ1) is 12.5. The molecule has 0 saturated heterocycles. The van der Waals surface area contributed by atoms with Crippen LogP contribution in [-0.2, 0) is 11.2 Å². The normalized spacial score (nSPS) is 10.8. The molecule has 0 atom stereocenters. The molecule has 1 aromatic heterocycles. The molecular weight excluding hydrogens is 230 g/mol. The number of carbonyl (C=O) groups is 1. The number of aromatic nitrogens is 1. The van der Waals surface area contributed by atoms with Crippen LogP contribution < -0.4 is 4.74 Å². The third-order valence-electron chi connectivity index (χ3n) is 3.15. The Hall–Kier alpha value is -1.97. The molecule has 0 aliphatic carbocycles. The Labute approximate surface area is 106 Å². The molecule has 1 heterocycles. The van der Waals surface area contributed by atoms with Crippen LogP contribution >= 0.6 is 0 Å². The molecule has 2 aromatic rings. The van der Waals surface area contributed by atoms with Crippen molar-refractivity contribution in [3.63, 3.8) is 0 Å². The van der Waals surface area contributed by atoms with Crippen molar-refractivity contribution in [2.45, 2.75) is 26.7 Å². The molecule has 0 spiro atoms. The second-order valence-corrected chi connectivity index (χ2v) is 4.51. The number of H-pyrrole nitrogens is 1. The topological polar surface area (TPSA) is 62.3 Å². The lowest BCUT2D eigenvalue weighted by Gasteiger charge is -2.04. The molecule has 0 aliphatic rings. The van der Waals surface area contributed by atoms with Gasteiger partial charge in [0, 0.05) is 17.5 Å². The number of aryl methyl sites for hydroxylation is 3. The summed E-state index contributed by atoms with van der Waals surface area (Å²) in [5.74, 6) is 0.0260. The highest BCUT2D eigenvalue weighted by Crippen LogP contribution is 2.31. The van der Waals surface area contributed by atoms with Crippen LogP contribution in [0.1, 0.15) is 23.2 Å². The van der Waals surface area contributed by atoms with Gasteiger partial charge in [-0.25, -0.2) is 0 Å². The van der Waals surface area contributed by atoms with Crippen LogP contribution in [0, 0.1) is 13.8 Å². The van der Waals surface area contributed by atoms with Gasteiger partial charge in [0.2, 0.25) is 0 Å². The van der Waals surface area contributed by atoms with Gasteiger partial charge in [-0.2, -0.15) is 0 Å². The van der Waals surface area contributed by atoms with Gasteiger partial charge >= 0.3 is 5.97 Å². The predicted molar refractivity (Wildman–Crippen MR) is 70.3 cm³/mol. The number of benzene rings is 1. The fourth-order valence-electron chi connectivity index (χ4n) is 2.30. The summed E-state index contributed by atoms with van der Waals surface area (Å²) in [6.07, 6.45) is 0.678. The number of ether oxygens (including phenoxy) is 1. The standard InChI is InChI=1S/C14H17NO3/c1-8-6-11-10(4-5-13(16)17)9(2)15-14(11)12(7-8)18-3/h6-7,15H,4-5H2,1-3H3,(H,16,17). The van der Waals surface area contributed by atoms with E-state index in [1.165, 1.54) is 0 Å². The number of hydrogen-bond donors (Lipinski definition) is 2. The van der Waals surface area contributed by atoms with E-state index in [0.29, 0.717) is 6.42 Å². The van der Waals surface area contributed by atoms with Gasteiger partial charge in [0.15, 0.2) is 0 Å². The maximum Gasteiger partial charge on any atom is 0.303 e. The van der Waals surface area contributed by atoms with Crippen molar-refractivity contribution in [3.8, 4) is 5.75 Å². The molecule has 0 amide bonds. The van der Waals surface area contributed by atoms with Gasteiger partial charge in [-0.1, -0.05) is 0 Å². The van der Waals surface area contributed by atoms with Gasteiger partial charge in [0.1, 0.15) is 5.75 Å². The number of nitrogens with one attached hydrogen (secondary N) is 1. The Morgan fingerprint density at radius 2 is 2.11 bits per heavy atom. The highest BCUT2D eigenvalue weighted by molar-refractivity contribution is 5.90. The van der Waals surface area contributed by atoms with E-state index in [4.69, 9.17) is 9.84 Å².